The summed E-state index contributed by atoms with van der Waals surface area (Å²) < 4.78 is 5.88. The van der Waals surface area contributed by atoms with E-state index in [0.29, 0.717) is 19.3 Å². The first-order chi connectivity index (χ1) is 24.0. The predicted octanol–water partition coefficient (Wildman–Crippen LogP) is 12.1. The van der Waals surface area contributed by atoms with E-state index >= 15 is 0 Å². The van der Waals surface area contributed by atoms with Crippen LogP contribution in [0.2, 0.25) is 0 Å². The van der Waals surface area contributed by atoms with Gasteiger partial charge in [-0.25, -0.2) is 0 Å². The third-order valence-electron chi connectivity index (χ3n) is 10.2. The Bertz CT molecular complexity index is 702. The van der Waals surface area contributed by atoms with Crippen molar-refractivity contribution in [2.75, 3.05) is 6.61 Å². The van der Waals surface area contributed by atoms with Crippen molar-refractivity contribution in [2.24, 2.45) is 0 Å². The monoisotopic (exact) mass is 696 g/mol. The molecule has 0 heterocycles. The van der Waals surface area contributed by atoms with Crippen LogP contribution in [0, 0.1) is 0 Å². The number of carbonyl (C=O) groups is 2. The second-order valence-corrected chi connectivity index (χ2v) is 15.1. The van der Waals surface area contributed by atoms with E-state index in [-0.39, 0.29) is 24.9 Å². The number of aliphatic hydroxyl groups excluding tert-OH is 2. The zero-order chi connectivity index (χ0) is 36.0. The molecule has 0 aliphatic carbocycles. The topological polar surface area (TPSA) is 95.9 Å². The first-order valence-corrected chi connectivity index (χ1v) is 21.8. The van der Waals surface area contributed by atoms with Crippen molar-refractivity contribution >= 4 is 11.9 Å². The number of esters is 1. The van der Waals surface area contributed by atoms with Crippen LogP contribution in [-0.2, 0) is 14.3 Å². The van der Waals surface area contributed by atoms with E-state index in [4.69, 9.17) is 4.74 Å². The van der Waals surface area contributed by atoms with Gasteiger partial charge in [-0.05, 0) is 25.7 Å². The Morgan fingerprint density at radius 3 is 1.24 bits per heavy atom. The van der Waals surface area contributed by atoms with Crippen molar-refractivity contribution in [3.63, 3.8) is 0 Å². The summed E-state index contributed by atoms with van der Waals surface area (Å²) in [5, 5.41) is 23.5. The van der Waals surface area contributed by atoms with Gasteiger partial charge < -0.3 is 20.3 Å². The Kier molecular flexibility index (Phi) is 37.2. The Morgan fingerprint density at radius 1 is 0.510 bits per heavy atom. The van der Waals surface area contributed by atoms with Crippen molar-refractivity contribution in [3.8, 4) is 0 Å². The highest BCUT2D eigenvalue weighted by Gasteiger charge is 2.24. The van der Waals surface area contributed by atoms with Gasteiger partial charge in [0.2, 0.25) is 5.91 Å². The van der Waals surface area contributed by atoms with Crippen molar-refractivity contribution in [1.82, 2.24) is 5.32 Å². The highest BCUT2D eigenvalue weighted by atomic mass is 16.5. The summed E-state index contributed by atoms with van der Waals surface area (Å²) in [6.45, 7) is 6.44. The largest absolute Gasteiger partial charge is 0.462 e. The Labute approximate surface area is 305 Å². The Balaban J connectivity index is 4.56. The van der Waals surface area contributed by atoms with Crippen LogP contribution in [0.15, 0.2) is 0 Å². The van der Waals surface area contributed by atoms with Crippen LogP contribution in [0.3, 0.4) is 0 Å². The molecular weight excluding hydrogens is 610 g/mol. The molecule has 0 bridgehead atoms. The van der Waals surface area contributed by atoms with Crippen LogP contribution in [0.4, 0.5) is 0 Å². The van der Waals surface area contributed by atoms with Gasteiger partial charge in [0.1, 0.15) is 6.10 Å². The number of nitrogens with one attached hydrogen (secondary N) is 1. The zero-order valence-electron chi connectivity index (χ0n) is 33.1. The molecule has 0 aromatic rings. The lowest BCUT2D eigenvalue weighted by atomic mass is 10.0. The molecule has 3 atom stereocenters. The van der Waals surface area contributed by atoms with Crippen LogP contribution in [0.1, 0.15) is 239 Å². The molecule has 0 saturated carbocycles. The van der Waals surface area contributed by atoms with Gasteiger partial charge in [0.05, 0.1) is 25.2 Å². The van der Waals surface area contributed by atoms with Crippen molar-refractivity contribution < 1.29 is 24.5 Å². The molecule has 6 nitrogen and oxygen atoms in total. The average Bonchev–Trinajstić information content (AvgIpc) is 3.09. The van der Waals surface area contributed by atoms with Gasteiger partial charge in [0, 0.05) is 6.42 Å². The minimum atomic E-state index is -0.775. The number of hydrogen-bond donors (Lipinski definition) is 3. The quantitative estimate of drug-likeness (QED) is 0.0439. The van der Waals surface area contributed by atoms with Crippen LogP contribution in [-0.4, -0.2) is 46.9 Å². The molecule has 0 saturated heterocycles. The van der Waals surface area contributed by atoms with E-state index in [1.807, 2.05) is 0 Å². The second kappa shape index (κ2) is 38.1. The Hall–Kier alpha value is -1.14. The van der Waals surface area contributed by atoms with E-state index in [2.05, 4.69) is 26.1 Å². The molecular formula is C43H85NO5. The zero-order valence-corrected chi connectivity index (χ0v) is 33.1. The third kappa shape index (κ3) is 33.7. The molecule has 6 heteroatoms. The number of hydrogen-bond acceptors (Lipinski definition) is 5. The van der Waals surface area contributed by atoms with E-state index in [1.165, 1.54) is 148 Å². The highest BCUT2D eigenvalue weighted by molar-refractivity contribution is 5.77. The lowest BCUT2D eigenvalue weighted by molar-refractivity contribution is -0.151. The molecule has 3 N–H and O–H groups in total. The molecule has 49 heavy (non-hydrogen) atoms. The standard InChI is InChI=1S/C43H85NO5/c1-4-7-10-13-16-19-21-23-25-28-31-34-39(49-43(48)36-33-30-27-24-20-17-14-11-8-5-2)37-42(47)44-40(38-45)41(46)35-32-29-26-22-18-15-12-9-6-3/h39-41,45-46H,4-38H2,1-3H3,(H,44,47). The smallest absolute Gasteiger partial charge is 0.306 e. The van der Waals surface area contributed by atoms with Gasteiger partial charge in [-0.1, -0.05) is 201 Å². The normalized spacial score (nSPS) is 13.3. The number of carbonyl (C=O) groups excluding carboxylic acids is 2. The summed E-state index contributed by atoms with van der Waals surface area (Å²) >= 11 is 0. The molecule has 0 fully saturated rings. The first-order valence-electron chi connectivity index (χ1n) is 21.8. The van der Waals surface area contributed by atoms with Crippen LogP contribution in [0.25, 0.3) is 0 Å². The van der Waals surface area contributed by atoms with Crippen molar-refractivity contribution in [1.29, 1.82) is 0 Å². The summed E-state index contributed by atoms with van der Waals surface area (Å²) in [7, 11) is 0. The van der Waals surface area contributed by atoms with Gasteiger partial charge in [0.15, 0.2) is 0 Å². The molecule has 0 aliphatic rings. The number of rotatable bonds is 39. The van der Waals surface area contributed by atoms with Gasteiger partial charge in [-0.3, -0.25) is 9.59 Å². The van der Waals surface area contributed by atoms with Gasteiger partial charge in [0.25, 0.3) is 0 Å². The van der Waals surface area contributed by atoms with Gasteiger partial charge >= 0.3 is 5.97 Å². The van der Waals surface area contributed by atoms with Crippen LogP contribution in [0.5, 0.6) is 0 Å². The maximum absolute atomic E-state index is 13.1. The summed E-state index contributed by atoms with van der Waals surface area (Å²) in [6.07, 6.45) is 37.3. The molecule has 0 spiro atoms. The number of ether oxygens (including phenoxy) is 1. The molecule has 292 valence electrons. The number of amides is 1. The molecule has 0 aromatic carbocycles. The molecule has 1 amide bonds. The number of unbranched alkanes of at least 4 members (excludes halogenated alkanes) is 27. The lowest BCUT2D eigenvalue weighted by Gasteiger charge is -2.24. The predicted molar refractivity (Wildman–Crippen MR) is 209 cm³/mol. The van der Waals surface area contributed by atoms with E-state index in [0.717, 1.165) is 44.9 Å². The average molecular weight is 696 g/mol. The molecule has 3 unspecified atom stereocenters. The summed E-state index contributed by atoms with van der Waals surface area (Å²) in [5.74, 6) is -0.463. The van der Waals surface area contributed by atoms with Gasteiger partial charge in [-0.2, -0.15) is 0 Å². The summed E-state index contributed by atoms with van der Waals surface area (Å²) in [4.78, 5) is 25.8. The van der Waals surface area contributed by atoms with E-state index in [9.17, 15) is 19.8 Å². The molecule has 0 radical (unpaired) electrons. The molecule has 0 aromatic heterocycles. The fraction of sp³-hybridized carbons (Fsp3) is 0.953. The molecule has 0 aliphatic heterocycles. The van der Waals surface area contributed by atoms with E-state index < -0.39 is 18.2 Å². The third-order valence-corrected chi connectivity index (χ3v) is 10.2. The maximum Gasteiger partial charge on any atom is 0.306 e. The van der Waals surface area contributed by atoms with Crippen molar-refractivity contribution in [3.05, 3.63) is 0 Å². The minimum Gasteiger partial charge on any atom is -0.462 e. The lowest BCUT2D eigenvalue weighted by Crippen LogP contribution is -2.46. The van der Waals surface area contributed by atoms with Crippen LogP contribution < -0.4 is 5.32 Å². The second-order valence-electron chi connectivity index (χ2n) is 15.1. The summed E-state index contributed by atoms with van der Waals surface area (Å²) in [5.41, 5.74) is 0. The maximum atomic E-state index is 13.1. The fourth-order valence-electron chi connectivity index (χ4n) is 6.84. The first kappa shape index (κ1) is 47.9. The number of aliphatic hydroxyl groups is 2. The van der Waals surface area contributed by atoms with Crippen LogP contribution >= 0.6 is 0 Å². The highest BCUT2D eigenvalue weighted by Crippen LogP contribution is 2.18. The van der Waals surface area contributed by atoms with Crippen molar-refractivity contribution in [2.45, 2.75) is 257 Å². The summed E-state index contributed by atoms with van der Waals surface area (Å²) in [6, 6.07) is -0.688. The SMILES string of the molecule is CCCCCCCCCCCCCC(CC(=O)NC(CO)C(O)CCCCCCCCCCC)OC(=O)CCCCCCCCCCCC. The Morgan fingerprint density at radius 2 is 0.857 bits per heavy atom. The van der Waals surface area contributed by atoms with Gasteiger partial charge in [-0.15, -0.1) is 0 Å². The van der Waals surface area contributed by atoms with E-state index in [1.54, 1.807) is 0 Å². The fourth-order valence-corrected chi connectivity index (χ4v) is 6.84. The molecule has 0 rings (SSSR count). The minimum absolute atomic E-state index is 0.0861.